The SMILES string of the molecule is CC(=O)Nc1scc2c1C(=O)N(CCS(C)=O)C2=O. The molecule has 19 heavy (non-hydrogen) atoms. The number of rotatable bonds is 4. The number of carbonyl (C=O) groups is 3. The maximum absolute atomic E-state index is 12.1. The average Bonchev–Trinajstić information content (AvgIpc) is 2.79. The van der Waals surface area contributed by atoms with Crippen LogP contribution in [-0.2, 0) is 15.6 Å². The number of anilines is 1. The number of carbonyl (C=O) groups excluding carboxylic acids is 3. The van der Waals surface area contributed by atoms with Gasteiger partial charge in [0, 0.05) is 41.7 Å². The second-order valence-electron chi connectivity index (χ2n) is 4.07. The highest BCUT2D eigenvalue weighted by Crippen LogP contribution is 2.35. The van der Waals surface area contributed by atoms with Gasteiger partial charge in [0.25, 0.3) is 11.8 Å². The minimum Gasteiger partial charge on any atom is -0.317 e. The quantitative estimate of drug-likeness (QED) is 0.829. The van der Waals surface area contributed by atoms with Crippen LogP contribution in [0.4, 0.5) is 5.00 Å². The van der Waals surface area contributed by atoms with E-state index in [2.05, 4.69) is 5.32 Å². The first kappa shape index (κ1) is 13.9. The van der Waals surface area contributed by atoms with E-state index in [1.807, 2.05) is 0 Å². The molecule has 0 bridgehead atoms. The smallest absolute Gasteiger partial charge is 0.264 e. The molecule has 1 atom stereocenters. The van der Waals surface area contributed by atoms with E-state index in [1.54, 1.807) is 5.38 Å². The lowest BCUT2D eigenvalue weighted by Gasteiger charge is -2.13. The number of hydrogen-bond donors (Lipinski definition) is 1. The predicted molar refractivity (Wildman–Crippen MR) is 72.9 cm³/mol. The Hall–Kier alpha value is -1.54. The Morgan fingerprint density at radius 1 is 1.42 bits per heavy atom. The standard InChI is InChI=1S/C11H12N2O4S2/c1-6(14)12-9-8-7(5-18-9)10(15)13(11(8)16)3-4-19(2)17/h5H,3-4H2,1-2H3,(H,12,14). The molecule has 3 amide bonds. The molecule has 0 spiro atoms. The minimum atomic E-state index is -1.07. The highest BCUT2D eigenvalue weighted by Gasteiger charge is 2.39. The molecule has 1 aliphatic rings. The number of fused-ring (bicyclic) bond motifs is 1. The van der Waals surface area contributed by atoms with E-state index in [-0.39, 0.29) is 23.8 Å². The Labute approximate surface area is 116 Å². The number of amides is 3. The fraction of sp³-hybridized carbons (Fsp3) is 0.364. The van der Waals surface area contributed by atoms with E-state index < -0.39 is 22.6 Å². The zero-order valence-corrected chi connectivity index (χ0v) is 12.0. The zero-order chi connectivity index (χ0) is 14.2. The summed E-state index contributed by atoms with van der Waals surface area (Å²) in [7, 11) is -1.07. The van der Waals surface area contributed by atoms with Crippen molar-refractivity contribution in [3.63, 3.8) is 0 Å². The molecule has 102 valence electrons. The van der Waals surface area contributed by atoms with Crippen LogP contribution in [0, 0.1) is 0 Å². The van der Waals surface area contributed by atoms with Crippen molar-refractivity contribution in [1.82, 2.24) is 4.90 Å². The molecule has 1 aromatic rings. The summed E-state index contributed by atoms with van der Waals surface area (Å²) >= 11 is 1.15. The van der Waals surface area contributed by atoms with Crippen LogP contribution in [0.25, 0.3) is 0 Å². The molecular weight excluding hydrogens is 288 g/mol. The molecule has 1 N–H and O–H groups in total. The van der Waals surface area contributed by atoms with Crippen LogP contribution in [0.1, 0.15) is 27.6 Å². The molecule has 2 rings (SSSR count). The maximum Gasteiger partial charge on any atom is 0.264 e. The fourth-order valence-electron chi connectivity index (χ4n) is 1.78. The highest BCUT2D eigenvalue weighted by atomic mass is 32.2. The van der Waals surface area contributed by atoms with Crippen LogP contribution in [0.3, 0.4) is 0 Å². The molecule has 0 aromatic carbocycles. The van der Waals surface area contributed by atoms with Crippen molar-refractivity contribution >= 4 is 44.9 Å². The van der Waals surface area contributed by atoms with Crippen molar-refractivity contribution in [2.75, 3.05) is 23.9 Å². The maximum atomic E-state index is 12.1. The van der Waals surface area contributed by atoms with Crippen molar-refractivity contribution in [2.45, 2.75) is 6.92 Å². The fourth-order valence-corrected chi connectivity index (χ4v) is 3.19. The Bertz CT molecular complexity index is 594. The largest absolute Gasteiger partial charge is 0.317 e. The summed E-state index contributed by atoms with van der Waals surface area (Å²) in [5, 5.41) is 4.49. The van der Waals surface area contributed by atoms with Gasteiger partial charge in [-0.25, -0.2) is 0 Å². The topological polar surface area (TPSA) is 83.6 Å². The van der Waals surface area contributed by atoms with Crippen molar-refractivity contribution in [1.29, 1.82) is 0 Å². The molecule has 0 saturated carbocycles. The lowest BCUT2D eigenvalue weighted by molar-refractivity contribution is -0.114. The van der Waals surface area contributed by atoms with Crippen molar-refractivity contribution in [3.05, 3.63) is 16.5 Å². The lowest BCUT2D eigenvalue weighted by Crippen LogP contribution is -2.33. The Kier molecular flexibility index (Phi) is 3.81. The van der Waals surface area contributed by atoms with E-state index in [1.165, 1.54) is 13.2 Å². The Morgan fingerprint density at radius 2 is 2.11 bits per heavy atom. The number of hydrogen-bond acceptors (Lipinski definition) is 5. The number of nitrogens with one attached hydrogen (secondary N) is 1. The van der Waals surface area contributed by atoms with Crippen LogP contribution >= 0.6 is 11.3 Å². The Balaban J connectivity index is 2.26. The molecular formula is C11H12N2O4S2. The van der Waals surface area contributed by atoms with E-state index in [0.29, 0.717) is 10.6 Å². The van der Waals surface area contributed by atoms with Crippen molar-refractivity contribution in [3.8, 4) is 0 Å². The van der Waals surface area contributed by atoms with Crippen LogP contribution in [0.5, 0.6) is 0 Å². The van der Waals surface area contributed by atoms with Gasteiger partial charge in [-0.05, 0) is 0 Å². The summed E-state index contributed by atoms with van der Waals surface area (Å²) < 4.78 is 11.0. The second kappa shape index (κ2) is 5.22. The molecule has 2 heterocycles. The van der Waals surface area contributed by atoms with Crippen LogP contribution in [0.2, 0.25) is 0 Å². The summed E-state index contributed by atoms with van der Waals surface area (Å²) in [5.41, 5.74) is 0.549. The normalized spacial score (nSPS) is 15.6. The first-order chi connectivity index (χ1) is 8.91. The van der Waals surface area contributed by atoms with Gasteiger partial charge in [-0.2, -0.15) is 0 Å². The van der Waals surface area contributed by atoms with Crippen LogP contribution in [-0.4, -0.2) is 45.4 Å². The minimum absolute atomic E-state index is 0.125. The van der Waals surface area contributed by atoms with Gasteiger partial charge in [0.05, 0.1) is 11.1 Å². The molecule has 1 aromatic heterocycles. The van der Waals surface area contributed by atoms with Crippen molar-refractivity contribution < 1.29 is 18.6 Å². The highest BCUT2D eigenvalue weighted by molar-refractivity contribution is 7.84. The number of nitrogens with zero attached hydrogens (tertiary/aromatic N) is 1. The molecule has 0 aliphatic carbocycles. The lowest BCUT2D eigenvalue weighted by atomic mass is 10.2. The molecule has 6 nitrogen and oxygen atoms in total. The first-order valence-electron chi connectivity index (χ1n) is 5.47. The van der Waals surface area contributed by atoms with E-state index in [0.717, 1.165) is 16.2 Å². The van der Waals surface area contributed by atoms with E-state index in [9.17, 15) is 18.6 Å². The van der Waals surface area contributed by atoms with Gasteiger partial charge < -0.3 is 5.32 Å². The van der Waals surface area contributed by atoms with Gasteiger partial charge in [0.2, 0.25) is 5.91 Å². The third-order valence-corrected chi connectivity index (χ3v) is 4.27. The third kappa shape index (κ3) is 2.59. The molecule has 8 heteroatoms. The molecule has 1 unspecified atom stereocenters. The monoisotopic (exact) mass is 300 g/mol. The summed E-state index contributed by atoms with van der Waals surface area (Å²) in [6.07, 6.45) is 1.52. The third-order valence-electron chi connectivity index (χ3n) is 2.62. The second-order valence-corrected chi connectivity index (χ2v) is 6.51. The Morgan fingerprint density at radius 3 is 2.68 bits per heavy atom. The van der Waals surface area contributed by atoms with Crippen LogP contribution in [0.15, 0.2) is 5.38 Å². The first-order valence-corrected chi connectivity index (χ1v) is 8.07. The molecule has 1 aliphatic heterocycles. The van der Waals surface area contributed by atoms with Gasteiger partial charge in [0.1, 0.15) is 5.00 Å². The summed E-state index contributed by atoms with van der Waals surface area (Å²) in [4.78, 5) is 36.3. The van der Waals surface area contributed by atoms with Crippen molar-refractivity contribution in [2.24, 2.45) is 0 Å². The zero-order valence-electron chi connectivity index (χ0n) is 10.4. The average molecular weight is 300 g/mol. The van der Waals surface area contributed by atoms with Gasteiger partial charge in [-0.1, -0.05) is 0 Å². The van der Waals surface area contributed by atoms with Gasteiger partial charge in [-0.3, -0.25) is 23.5 Å². The predicted octanol–water partition coefficient (Wildman–Crippen LogP) is 0.681. The molecule has 0 fully saturated rings. The van der Waals surface area contributed by atoms with E-state index >= 15 is 0 Å². The summed E-state index contributed by atoms with van der Waals surface area (Å²) in [6, 6.07) is 0. The summed E-state index contributed by atoms with van der Waals surface area (Å²) in [5.74, 6) is -0.868. The molecule has 0 radical (unpaired) electrons. The number of imide groups is 1. The van der Waals surface area contributed by atoms with Gasteiger partial charge in [0.15, 0.2) is 0 Å². The number of thiophene rings is 1. The van der Waals surface area contributed by atoms with Gasteiger partial charge in [-0.15, -0.1) is 11.3 Å². The summed E-state index contributed by atoms with van der Waals surface area (Å²) in [6.45, 7) is 1.46. The van der Waals surface area contributed by atoms with Crippen LogP contribution < -0.4 is 5.32 Å². The molecule has 0 saturated heterocycles. The van der Waals surface area contributed by atoms with Gasteiger partial charge >= 0.3 is 0 Å². The van der Waals surface area contributed by atoms with E-state index in [4.69, 9.17) is 0 Å².